The molecule has 3 aromatic rings. The number of fused-ring (bicyclic) bond motifs is 1. The van der Waals surface area contributed by atoms with Crippen molar-refractivity contribution in [1.29, 1.82) is 0 Å². The molecule has 0 aliphatic rings. The topological polar surface area (TPSA) is 99.9 Å². The third kappa shape index (κ3) is 4.39. The third-order valence-electron chi connectivity index (χ3n) is 4.06. The maximum absolute atomic E-state index is 10.7. The lowest BCUT2D eigenvalue weighted by Crippen LogP contribution is -2.31. The van der Waals surface area contributed by atoms with Crippen LogP contribution in [-0.4, -0.2) is 22.3 Å². The van der Waals surface area contributed by atoms with Gasteiger partial charge in [-0.25, -0.2) is 5.84 Å². The van der Waals surface area contributed by atoms with E-state index < -0.39 is 0 Å². The standard InChI is InChI=1S/C19H19Cl2N5OS/c1-26(23)19(25-22)28-17-9-16(12-4-2-3-5-13(12)18(17)27)24-10-11-6-7-14(20)15(21)8-11/h2-9,24,27H,10,22-23H2,1H3. The highest BCUT2D eigenvalue weighted by Crippen LogP contribution is 2.40. The van der Waals surface area contributed by atoms with Crippen molar-refractivity contribution in [3.05, 3.63) is 64.1 Å². The Kier molecular flexibility index (Phi) is 6.41. The van der Waals surface area contributed by atoms with Gasteiger partial charge in [-0.1, -0.05) is 53.5 Å². The number of nitrogens with two attached hydrogens (primary N) is 2. The second-order valence-corrected chi connectivity index (χ2v) is 7.87. The first-order valence-electron chi connectivity index (χ1n) is 8.27. The van der Waals surface area contributed by atoms with E-state index in [1.807, 2.05) is 42.5 Å². The molecule has 0 heterocycles. The Balaban J connectivity index is 1.98. The quantitative estimate of drug-likeness (QED) is 0.119. The summed E-state index contributed by atoms with van der Waals surface area (Å²) in [5, 5.41) is 22.0. The molecule has 28 heavy (non-hydrogen) atoms. The van der Waals surface area contributed by atoms with Gasteiger partial charge >= 0.3 is 0 Å². The second kappa shape index (κ2) is 8.79. The van der Waals surface area contributed by atoms with Crippen LogP contribution in [0.4, 0.5) is 5.69 Å². The molecule has 146 valence electrons. The highest BCUT2D eigenvalue weighted by Gasteiger charge is 2.15. The van der Waals surface area contributed by atoms with Crippen molar-refractivity contribution in [2.24, 2.45) is 16.8 Å². The molecular formula is C19H19Cl2N5OS. The van der Waals surface area contributed by atoms with Crippen LogP contribution in [0, 0.1) is 0 Å². The molecule has 0 saturated carbocycles. The summed E-state index contributed by atoms with van der Waals surface area (Å²) in [4.78, 5) is 0.580. The molecule has 6 N–H and O–H groups in total. The SMILES string of the molecule is CN(N)C(=NN)Sc1cc(NCc2ccc(Cl)c(Cl)c2)c2ccccc2c1O. The van der Waals surface area contributed by atoms with Crippen LogP contribution in [0.2, 0.25) is 10.0 Å². The number of nitrogens with zero attached hydrogens (tertiary/aromatic N) is 2. The molecule has 0 aliphatic carbocycles. The minimum absolute atomic E-state index is 0.142. The first kappa shape index (κ1) is 20.4. The van der Waals surface area contributed by atoms with Gasteiger partial charge in [-0.15, -0.1) is 0 Å². The molecule has 0 bridgehead atoms. The Morgan fingerprint density at radius 2 is 1.86 bits per heavy atom. The molecule has 0 spiro atoms. The Morgan fingerprint density at radius 3 is 2.50 bits per heavy atom. The van der Waals surface area contributed by atoms with E-state index in [4.69, 9.17) is 34.9 Å². The lowest BCUT2D eigenvalue weighted by molar-refractivity contribution is 0.469. The highest BCUT2D eigenvalue weighted by atomic mass is 35.5. The highest BCUT2D eigenvalue weighted by molar-refractivity contribution is 8.13. The number of benzene rings is 3. The van der Waals surface area contributed by atoms with Crippen LogP contribution < -0.4 is 17.0 Å². The Morgan fingerprint density at radius 1 is 1.14 bits per heavy atom. The average Bonchev–Trinajstić information content (AvgIpc) is 2.69. The van der Waals surface area contributed by atoms with Gasteiger partial charge in [-0.3, -0.25) is 5.01 Å². The number of thioether (sulfide) groups is 1. The van der Waals surface area contributed by atoms with E-state index in [9.17, 15) is 5.11 Å². The molecule has 0 amide bonds. The number of phenolic OH excluding ortho intramolecular Hbond substituents is 1. The largest absolute Gasteiger partial charge is 0.506 e. The van der Waals surface area contributed by atoms with Crippen LogP contribution in [0.3, 0.4) is 0 Å². The van der Waals surface area contributed by atoms with Gasteiger partial charge < -0.3 is 16.3 Å². The summed E-state index contributed by atoms with van der Waals surface area (Å²) < 4.78 is 0. The fourth-order valence-electron chi connectivity index (χ4n) is 2.69. The lowest BCUT2D eigenvalue weighted by Gasteiger charge is -2.17. The summed E-state index contributed by atoms with van der Waals surface area (Å²) in [6, 6.07) is 14.9. The van der Waals surface area contributed by atoms with Crippen molar-refractivity contribution < 1.29 is 5.11 Å². The number of hydrogen-bond acceptors (Lipinski definition) is 6. The van der Waals surface area contributed by atoms with E-state index in [0.717, 1.165) is 16.6 Å². The fraction of sp³-hybridized carbons (Fsp3) is 0.105. The van der Waals surface area contributed by atoms with Crippen LogP contribution in [0.1, 0.15) is 5.56 Å². The van der Waals surface area contributed by atoms with Gasteiger partial charge in [-0.05, 0) is 35.5 Å². The van der Waals surface area contributed by atoms with Gasteiger partial charge in [0, 0.05) is 30.1 Å². The van der Waals surface area contributed by atoms with Crippen LogP contribution in [-0.2, 0) is 6.54 Å². The number of hydrazine groups is 1. The molecule has 6 nitrogen and oxygen atoms in total. The van der Waals surface area contributed by atoms with Crippen molar-refractivity contribution in [3.8, 4) is 5.75 Å². The maximum Gasteiger partial charge on any atom is 0.201 e. The zero-order valence-electron chi connectivity index (χ0n) is 15.0. The van der Waals surface area contributed by atoms with E-state index >= 15 is 0 Å². The molecule has 0 fully saturated rings. The minimum Gasteiger partial charge on any atom is -0.506 e. The monoisotopic (exact) mass is 435 g/mol. The van der Waals surface area contributed by atoms with Crippen molar-refractivity contribution in [2.75, 3.05) is 12.4 Å². The third-order valence-corrected chi connectivity index (χ3v) is 5.91. The molecule has 0 atom stereocenters. The number of aromatic hydroxyl groups is 1. The number of nitrogens with one attached hydrogen (secondary N) is 1. The number of hydrogen-bond donors (Lipinski definition) is 4. The predicted molar refractivity (Wildman–Crippen MR) is 119 cm³/mol. The van der Waals surface area contributed by atoms with Gasteiger partial charge in [-0.2, -0.15) is 5.10 Å². The molecule has 0 saturated heterocycles. The predicted octanol–water partition coefficient (Wildman–Crippen LogP) is 4.59. The number of amidine groups is 1. The number of phenols is 1. The summed E-state index contributed by atoms with van der Waals surface area (Å²) in [6.07, 6.45) is 0. The van der Waals surface area contributed by atoms with E-state index in [0.29, 0.717) is 32.0 Å². The summed E-state index contributed by atoms with van der Waals surface area (Å²) in [5.74, 6) is 11.3. The number of halogens is 2. The van der Waals surface area contributed by atoms with Crippen molar-refractivity contribution in [1.82, 2.24) is 5.01 Å². The van der Waals surface area contributed by atoms with Crippen molar-refractivity contribution >= 4 is 56.6 Å². The first-order chi connectivity index (χ1) is 13.4. The van der Waals surface area contributed by atoms with Gasteiger partial charge in [0.2, 0.25) is 5.17 Å². The molecule has 9 heteroatoms. The zero-order chi connectivity index (χ0) is 20.3. The smallest absolute Gasteiger partial charge is 0.201 e. The Bertz CT molecular complexity index is 1040. The summed E-state index contributed by atoms with van der Waals surface area (Å²) in [7, 11) is 1.63. The molecule has 0 radical (unpaired) electrons. The fourth-order valence-corrected chi connectivity index (χ4v) is 3.79. The number of rotatable bonds is 4. The lowest BCUT2D eigenvalue weighted by atomic mass is 10.1. The van der Waals surface area contributed by atoms with Crippen molar-refractivity contribution in [3.63, 3.8) is 0 Å². The molecular weight excluding hydrogens is 417 g/mol. The molecule has 0 unspecified atom stereocenters. The van der Waals surface area contributed by atoms with E-state index in [-0.39, 0.29) is 5.75 Å². The average molecular weight is 436 g/mol. The van der Waals surface area contributed by atoms with Gasteiger partial charge in [0.05, 0.1) is 14.9 Å². The van der Waals surface area contributed by atoms with E-state index in [1.54, 1.807) is 13.1 Å². The second-order valence-electron chi connectivity index (χ2n) is 6.04. The van der Waals surface area contributed by atoms with Crippen molar-refractivity contribution in [2.45, 2.75) is 11.4 Å². The normalized spacial score (nSPS) is 11.6. The summed E-state index contributed by atoms with van der Waals surface area (Å²) >= 11 is 13.3. The Hall–Kier alpha value is -2.32. The Labute approximate surface area is 177 Å². The van der Waals surface area contributed by atoms with Gasteiger partial charge in [0.15, 0.2) is 0 Å². The van der Waals surface area contributed by atoms with Gasteiger partial charge in [0.1, 0.15) is 5.75 Å². The molecule has 3 rings (SSSR count). The summed E-state index contributed by atoms with van der Waals surface area (Å²) in [6.45, 7) is 0.532. The van der Waals surface area contributed by atoms with Gasteiger partial charge in [0.25, 0.3) is 0 Å². The first-order valence-corrected chi connectivity index (χ1v) is 9.84. The minimum atomic E-state index is 0.142. The maximum atomic E-state index is 10.7. The summed E-state index contributed by atoms with van der Waals surface area (Å²) in [5.41, 5.74) is 1.82. The molecule has 0 aromatic heterocycles. The van der Waals surface area contributed by atoms with Crippen LogP contribution in [0.5, 0.6) is 5.75 Å². The van der Waals surface area contributed by atoms with E-state index in [1.165, 1.54) is 16.8 Å². The molecule has 0 aliphatic heterocycles. The number of anilines is 1. The van der Waals surface area contributed by atoms with Crippen LogP contribution >= 0.6 is 35.0 Å². The molecule has 3 aromatic carbocycles. The van der Waals surface area contributed by atoms with E-state index in [2.05, 4.69) is 10.4 Å². The van der Waals surface area contributed by atoms with Crippen LogP contribution in [0.25, 0.3) is 10.8 Å². The zero-order valence-corrected chi connectivity index (χ0v) is 17.3. The number of hydrazone groups is 1. The van der Waals surface area contributed by atoms with Crippen LogP contribution in [0.15, 0.2) is 58.5 Å².